The molecule has 1 saturated carbocycles. The first-order valence-corrected chi connectivity index (χ1v) is 7.30. The summed E-state index contributed by atoms with van der Waals surface area (Å²) >= 11 is 0. The van der Waals surface area contributed by atoms with Crippen LogP contribution in [0.2, 0.25) is 0 Å². The number of amides is 2. The Morgan fingerprint density at radius 1 is 1.24 bits per heavy atom. The summed E-state index contributed by atoms with van der Waals surface area (Å²) in [4.78, 5) is 31.5. The lowest BCUT2D eigenvalue weighted by atomic mass is 10.2. The summed E-state index contributed by atoms with van der Waals surface area (Å²) in [7, 11) is 0. The third kappa shape index (κ3) is 3.15. The second-order valence-electron chi connectivity index (χ2n) is 5.69. The van der Waals surface area contributed by atoms with Crippen LogP contribution in [0.5, 0.6) is 5.75 Å². The summed E-state index contributed by atoms with van der Waals surface area (Å²) in [5.74, 6) is 1.40. The molecule has 6 heteroatoms. The van der Waals surface area contributed by atoms with Gasteiger partial charge in [0.2, 0.25) is 5.91 Å². The van der Waals surface area contributed by atoms with Gasteiger partial charge in [-0.25, -0.2) is 4.79 Å². The van der Waals surface area contributed by atoms with Crippen LogP contribution in [0, 0.1) is 11.8 Å². The smallest absolute Gasteiger partial charge is 0.409 e. The predicted molar refractivity (Wildman–Crippen MR) is 75.7 cm³/mol. The zero-order valence-electron chi connectivity index (χ0n) is 12.1. The van der Waals surface area contributed by atoms with Crippen molar-refractivity contribution in [3.05, 3.63) is 24.5 Å². The van der Waals surface area contributed by atoms with Crippen LogP contribution < -0.4 is 4.74 Å². The van der Waals surface area contributed by atoms with Crippen LogP contribution in [-0.2, 0) is 4.79 Å². The molecule has 0 radical (unpaired) electrons. The molecular weight excluding hydrogens is 270 g/mol. The van der Waals surface area contributed by atoms with Crippen LogP contribution in [0.1, 0.15) is 13.3 Å². The number of carbonyl (C=O) groups is 2. The molecule has 1 aromatic rings. The highest BCUT2D eigenvalue weighted by Gasteiger charge is 2.42. The zero-order valence-corrected chi connectivity index (χ0v) is 12.1. The molecule has 0 N–H and O–H groups in total. The lowest BCUT2D eigenvalue weighted by Crippen LogP contribution is -2.51. The number of ether oxygens (including phenoxy) is 1. The predicted octanol–water partition coefficient (Wildman–Crippen LogP) is 1.38. The van der Waals surface area contributed by atoms with Crippen molar-refractivity contribution in [1.29, 1.82) is 0 Å². The highest BCUT2D eigenvalue weighted by Crippen LogP contribution is 2.39. The maximum atomic E-state index is 12.1. The average molecular weight is 289 g/mol. The molecule has 21 heavy (non-hydrogen) atoms. The number of carbonyl (C=O) groups excluding carboxylic acids is 2. The van der Waals surface area contributed by atoms with Crippen LogP contribution >= 0.6 is 0 Å². The van der Waals surface area contributed by atoms with Gasteiger partial charge in [0.1, 0.15) is 0 Å². The maximum absolute atomic E-state index is 12.1. The summed E-state index contributed by atoms with van der Waals surface area (Å²) in [5, 5.41) is 0. The minimum atomic E-state index is -0.380. The van der Waals surface area contributed by atoms with E-state index >= 15 is 0 Å². The van der Waals surface area contributed by atoms with Crippen molar-refractivity contribution in [2.24, 2.45) is 11.8 Å². The van der Waals surface area contributed by atoms with Gasteiger partial charge in [-0.2, -0.15) is 0 Å². The Hall–Kier alpha value is -2.11. The molecule has 2 heterocycles. The minimum absolute atomic E-state index is 0.207. The molecule has 2 atom stereocenters. The van der Waals surface area contributed by atoms with E-state index in [4.69, 9.17) is 4.74 Å². The van der Waals surface area contributed by atoms with Crippen molar-refractivity contribution in [2.75, 3.05) is 26.2 Å². The van der Waals surface area contributed by atoms with E-state index in [0.29, 0.717) is 37.8 Å². The van der Waals surface area contributed by atoms with Crippen LogP contribution in [0.15, 0.2) is 24.5 Å². The molecular formula is C15H19N3O3. The molecule has 1 saturated heterocycles. The van der Waals surface area contributed by atoms with E-state index < -0.39 is 0 Å². The van der Waals surface area contributed by atoms with Gasteiger partial charge in [0.25, 0.3) is 0 Å². The van der Waals surface area contributed by atoms with Gasteiger partial charge < -0.3 is 14.5 Å². The van der Waals surface area contributed by atoms with Crippen molar-refractivity contribution in [3.63, 3.8) is 0 Å². The van der Waals surface area contributed by atoms with Crippen molar-refractivity contribution in [2.45, 2.75) is 13.3 Å². The number of nitrogens with zero attached hydrogens (tertiary/aromatic N) is 3. The molecule has 2 amide bonds. The Labute approximate surface area is 123 Å². The highest BCUT2D eigenvalue weighted by molar-refractivity contribution is 5.82. The number of aromatic nitrogens is 1. The molecule has 0 bridgehead atoms. The zero-order chi connectivity index (χ0) is 14.8. The van der Waals surface area contributed by atoms with E-state index in [1.165, 1.54) is 6.20 Å². The number of hydrogen-bond donors (Lipinski definition) is 0. The Balaban J connectivity index is 1.49. The maximum Gasteiger partial charge on any atom is 0.415 e. The minimum Gasteiger partial charge on any atom is -0.409 e. The lowest BCUT2D eigenvalue weighted by Gasteiger charge is -2.34. The number of rotatable bonds is 2. The molecule has 0 unspecified atom stereocenters. The van der Waals surface area contributed by atoms with Crippen molar-refractivity contribution >= 4 is 12.0 Å². The summed E-state index contributed by atoms with van der Waals surface area (Å²) in [6, 6.07) is 3.41. The van der Waals surface area contributed by atoms with Gasteiger partial charge in [-0.15, -0.1) is 0 Å². The first kappa shape index (κ1) is 13.9. The number of hydrogen-bond acceptors (Lipinski definition) is 4. The van der Waals surface area contributed by atoms with Crippen molar-refractivity contribution in [3.8, 4) is 5.75 Å². The average Bonchev–Trinajstić information content (AvgIpc) is 3.24. The van der Waals surface area contributed by atoms with E-state index in [-0.39, 0.29) is 17.9 Å². The van der Waals surface area contributed by atoms with Gasteiger partial charge in [0.15, 0.2) is 5.75 Å². The van der Waals surface area contributed by atoms with Crippen molar-refractivity contribution in [1.82, 2.24) is 14.8 Å². The SMILES string of the molecule is C[C@H]1C[C@@H]1C(=O)N1CCN(C(=O)Oc2cccnc2)CC1. The van der Waals surface area contributed by atoms with Gasteiger partial charge in [0.05, 0.1) is 6.20 Å². The van der Waals surface area contributed by atoms with Gasteiger partial charge >= 0.3 is 6.09 Å². The fourth-order valence-corrected chi connectivity index (χ4v) is 2.58. The summed E-state index contributed by atoms with van der Waals surface area (Å²) < 4.78 is 5.25. The summed E-state index contributed by atoms with van der Waals surface area (Å²) in [6.07, 6.45) is 3.75. The summed E-state index contributed by atoms with van der Waals surface area (Å²) in [5.41, 5.74) is 0. The Morgan fingerprint density at radius 2 is 1.90 bits per heavy atom. The topological polar surface area (TPSA) is 62.7 Å². The number of pyridine rings is 1. The molecule has 6 nitrogen and oxygen atoms in total. The first-order chi connectivity index (χ1) is 10.1. The molecule has 0 spiro atoms. The second kappa shape index (κ2) is 5.71. The second-order valence-corrected chi connectivity index (χ2v) is 5.69. The van der Waals surface area contributed by atoms with E-state index in [1.54, 1.807) is 23.2 Å². The molecule has 2 fully saturated rings. The van der Waals surface area contributed by atoms with E-state index in [9.17, 15) is 9.59 Å². The highest BCUT2D eigenvalue weighted by atomic mass is 16.6. The fraction of sp³-hybridized carbons (Fsp3) is 0.533. The van der Waals surface area contributed by atoms with Gasteiger partial charge in [-0.3, -0.25) is 9.78 Å². The van der Waals surface area contributed by atoms with Crippen LogP contribution in [0.3, 0.4) is 0 Å². The number of piperazine rings is 1. The lowest BCUT2D eigenvalue weighted by molar-refractivity contribution is -0.134. The van der Waals surface area contributed by atoms with Crippen LogP contribution in [0.25, 0.3) is 0 Å². The van der Waals surface area contributed by atoms with E-state index in [0.717, 1.165) is 6.42 Å². The monoisotopic (exact) mass is 289 g/mol. The molecule has 1 aliphatic heterocycles. The quantitative estimate of drug-likeness (QED) is 0.825. The van der Waals surface area contributed by atoms with Crippen LogP contribution in [-0.4, -0.2) is 53.0 Å². The molecule has 112 valence electrons. The van der Waals surface area contributed by atoms with Gasteiger partial charge in [-0.05, 0) is 24.5 Å². The molecule has 3 rings (SSSR count). The molecule has 1 aromatic heterocycles. The third-order valence-corrected chi connectivity index (χ3v) is 4.12. The standard InChI is InChI=1S/C15H19N3O3/c1-11-9-13(11)14(19)17-5-7-18(8-6-17)15(20)21-12-3-2-4-16-10-12/h2-4,10-11,13H,5-9H2,1H3/t11-,13-/m0/s1. The first-order valence-electron chi connectivity index (χ1n) is 7.30. The van der Waals surface area contributed by atoms with Gasteiger partial charge in [-0.1, -0.05) is 6.92 Å². The van der Waals surface area contributed by atoms with Crippen molar-refractivity contribution < 1.29 is 14.3 Å². The molecule has 2 aliphatic rings. The molecule has 0 aromatic carbocycles. The van der Waals surface area contributed by atoms with E-state index in [2.05, 4.69) is 11.9 Å². The Bertz CT molecular complexity index is 526. The largest absolute Gasteiger partial charge is 0.415 e. The van der Waals surface area contributed by atoms with Crippen LogP contribution in [0.4, 0.5) is 4.79 Å². The normalized spacial score (nSPS) is 24.6. The summed E-state index contributed by atoms with van der Waals surface area (Å²) in [6.45, 7) is 4.32. The van der Waals surface area contributed by atoms with Gasteiger partial charge in [0, 0.05) is 38.3 Å². The van der Waals surface area contributed by atoms with E-state index in [1.807, 2.05) is 4.90 Å². The Morgan fingerprint density at radius 3 is 2.48 bits per heavy atom. The fourth-order valence-electron chi connectivity index (χ4n) is 2.58. The molecule has 1 aliphatic carbocycles. The third-order valence-electron chi connectivity index (χ3n) is 4.12. The Kier molecular flexibility index (Phi) is 3.77.